The molecule has 2 atom stereocenters. The van der Waals surface area contributed by atoms with Crippen LogP contribution in [0.25, 0.3) is 0 Å². The predicted molar refractivity (Wildman–Crippen MR) is 48.2 cm³/mol. The average Bonchev–Trinajstić information content (AvgIpc) is 2.53. The number of carbonyl (C=O) groups is 2. The van der Waals surface area contributed by atoms with Crippen LogP contribution in [-0.4, -0.2) is 52.6 Å². The van der Waals surface area contributed by atoms with Crippen LogP contribution in [0, 0.1) is 0 Å². The second-order valence-corrected chi connectivity index (χ2v) is 3.01. The van der Waals surface area contributed by atoms with Gasteiger partial charge in [0.15, 0.2) is 11.9 Å². The van der Waals surface area contributed by atoms with E-state index in [0.717, 1.165) is 0 Å². The van der Waals surface area contributed by atoms with Gasteiger partial charge < -0.3 is 30.5 Å². The molecule has 8 nitrogen and oxygen atoms in total. The number of rotatable bonds is 4. The zero-order valence-corrected chi connectivity index (χ0v) is 8.12. The molecular formula is C8H11NO7. The molecule has 0 saturated carbocycles. The van der Waals surface area contributed by atoms with Gasteiger partial charge >= 0.3 is 11.9 Å². The molecule has 0 saturated heterocycles. The second kappa shape index (κ2) is 4.81. The molecule has 1 aliphatic heterocycles. The van der Waals surface area contributed by atoms with Crippen LogP contribution in [0.4, 0.5) is 0 Å². The molecule has 1 aliphatic rings. The molecule has 16 heavy (non-hydrogen) atoms. The minimum absolute atomic E-state index is 0.357. The number of cyclic esters (lactones) is 1. The molecule has 0 spiro atoms. The van der Waals surface area contributed by atoms with Crippen LogP contribution < -0.4 is 5.73 Å². The van der Waals surface area contributed by atoms with Crippen LogP contribution >= 0.6 is 0 Å². The molecule has 0 radical (unpaired) electrons. The first-order valence-corrected chi connectivity index (χ1v) is 4.34. The monoisotopic (exact) mass is 233 g/mol. The summed E-state index contributed by atoms with van der Waals surface area (Å²) in [5.74, 6) is -3.65. The van der Waals surface area contributed by atoms with Gasteiger partial charge in [0.1, 0.15) is 12.7 Å². The van der Waals surface area contributed by atoms with Gasteiger partial charge in [-0.15, -0.1) is 0 Å². The number of carbonyl (C=O) groups excluding carboxylic acids is 2. The molecule has 8 heteroatoms. The number of hydrogen-bond acceptors (Lipinski definition) is 8. The second-order valence-electron chi connectivity index (χ2n) is 3.01. The summed E-state index contributed by atoms with van der Waals surface area (Å²) in [5.41, 5.74) is 4.94. The highest BCUT2D eigenvalue weighted by molar-refractivity contribution is 5.89. The van der Waals surface area contributed by atoms with Gasteiger partial charge in [-0.3, -0.25) is 4.79 Å². The first kappa shape index (κ1) is 12.3. The van der Waals surface area contributed by atoms with Crippen molar-refractivity contribution >= 4 is 11.9 Å². The summed E-state index contributed by atoms with van der Waals surface area (Å²) in [6.45, 7) is -0.866. The highest BCUT2D eigenvalue weighted by atomic mass is 16.6. The maximum absolute atomic E-state index is 10.8. The highest BCUT2D eigenvalue weighted by Crippen LogP contribution is 2.21. The van der Waals surface area contributed by atoms with Crippen molar-refractivity contribution in [3.8, 4) is 0 Å². The summed E-state index contributed by atoms with van der Waals surface area (Å²) in [7, 11) is 0. The molecule has 5 N–H and O–H groups in total. The quantitative estimate of drug-likeness (QED) is 0.413. The van der Waals surface area contributed by atoms with Crippen molar-refractivity contribution in [2.75, 3.05) is 13.2 Å². The Kier molecular flexibility index (Phi) is 3.69. The highest BCUT2D eigenvalue weighted by Gasteiger charge is 2.39. The van der Waals surface area contributed by atoms with Crippen molar-refractivity contribution < 1.29 is 34.4 Å². The fourth-order valence-electron chi connectivity index (χ4n) is 1.05. The Morgan fingerprint density at radius 1 is 1.56 bits per heavy atom. The lowest BCUT2D eigenvalue weighted by molar-refractivity contribution is -0.153. The number of esters is 2. The van der Waals surface area contributed by atoms with Crippen LogP contribution in [-0.2, 0) is 19.1 Å². The van der Waals surface area contributed by atoms with E-state index < -0.39 is 42.3 Å². The smallest absolute Gasteiger partial charge is 0.377 e. The minimum atomic E-state index is -1.47. The van der Waals surface area contributed by atoms with E-state index in [-0.39, 0.29) is 6.54 Å². The van der Waals surface area contributed by atoms with Gasteiger partial charge in [0, 0.05) is 0 Å². The molecule has 0 bridgehead atoms. The molecule has 0 aromatic rings. The predicted octanol–water partition coefficient (Wildman–Crippen LogP) is -1.90. The Hall–Kier alpha value is -1.80. The van der Waals surface area contributed by atoms with Crippen LogP contribution in [0.15, 0.2) is 11.5 Å². The summed E-state index contributed by atoms with van der Waals surface area (Å²) in [6, 6.07) is 0. The van der Waals surface area contributed by atoms with Gasteiger partial charge in [-0.25, -0.2) is 4.79 Å². The standard InChI is InChI=1S/C8H11NO7/c9-1-4(11)15-2-3(10)7-5(12)6(13)8(14)16-7/h3,7,10,12-13H,1-2,9H2/t3-,7+/m0/s1. The molecule has 1 heterocycles. The normalized spacial score (nSPS) is 21.9. The van der Waals surface area contributed by atoms with Gasteiger partial charge in [0.05, 0.1) is 6.54 Å². The maximum Gasteiger partial charge on any atom is 0.377 e. The summed E-state index contributed by atoms with van der Waals surface area (Å²) in [6.07, 6.45) is -2.90. The SMILES string of the molecule is NCC(=O)OC[C@H](O)[C@H]1OC(=O)C(O)=C1O. The van der Waals surface area contributed by atoms with Crippen molar-refractivity contribution in [3.05, 3.63) is 11.5 Å². The van der Waals surface area contributed by atoms with Gasteiger partial charge in [0.2, 0.25) is 5.76 Å². The molecule has 0 aliphatic carbocycles. The molecule has 0 amide bonds. The van der Waals surface area contributed by atoms with Gasteiger partial charge in [-0.2, -0.15) is 0 Å². The number of hydrogen-bond donors (Lipinski definition) is 4. The average molecular weight is 233 g/mol. The molecule has 1 rings (SSSR count). The van der Waals surface area contributed by atoms with E-state index in [9.17, 15) is 19.8 Å². The lowest BCUT2D eigenvalue weighted by atomic mass is 10.2. The molecule has 90 valence electrons. The van der Waals surface area contributed by atoms with Crippen molar-refractivity contribution in [1.29, 1.82) is 0 Å². The van der Waals surface area contributed by atoms with Gasteiger partial charge in [-0.05, 0) is 0 Å². The van der Waals surface area contributed by atoms with Crippen LogP contribution in [0.5, 0.6) is 0 Å². The molecule has 0 unspecified atom stereocenters. The molecule has 0 aromatic heterocycles. The van der Waals surface area contributed by atoms with Crippen molar-refractivity contribution in [2.24, 2.45) is 5.73 Å². The number of aliphatic hydroxyl groups is 3. The third-order valence-corrected chi connectivity index (χ3v) is 1.87. The van der Waals surface area contributed by atoms with E-state index in [4.69, 9.17) is 10.8 Å². The number of nitrogens with two attached hydrogens (primary N) is 1. The summed E-state index contributed by atoms with van der Waals surface area (Å²) in [4.78, 5) is 21.4. The van der Waals surface area contributed by atoms with E-state index in [1.54, 1.807) is 0 Å². The van der Waals surface area contributed by atoms with E-state index in [1.165, 1.54) is 0 Å². The maximum atomic E-state index is 10.8. The Labute approximate surface area is 89.9 Å². The Morgan fingerprint density at radius 2 is 2.19 bits per heavy atom. The Morgan fingerprint density at radius 3 is 2.62 bits per heavy atom. The lowest BCUT2D eigenvalue weighted by Crippen LogP contribution is -2.34. The van der Waals surface area contributed by atoms with E-state index in [0.29, 0.717) is 0 Å². The third-order valence-electron chi connectivity index (χ3n) is 1.87. The van der Waals surface area contributed by atoms with E-state index in [2.05, 4.69) is 9.47 Å². The fourth-order valence-corrected chi connectivity index (χ4v) is 1.05. The fraction of sp³-hybridized carbons (Fsp3) is 0.500. The summed E-state index contributed by atoms with van der Waals surface area (Å²) < 4.78 is 8.89. The van der Waals surface area contributed by atoms with Crippen LogP contribution in [0.1, 0.15) is 0 Å². The topological polar surface area (TPSA) is 139 Å². The largest absolute Gasteiger partial charge is 0.505 e. The Bertz CT molecular complexity index is 337. The number of ether oxygens (including phenoxy) is 2. The first-order valence-electron chi connectivity index (χ1n) is 4.34. The van der Waals surface area contributed by atoms with Crippen molar-refractivity contribution in [3.63, 3.8) is 0 Å². The molecule has 0 aromatic carbocycles. The van der Waals surface area contributed by atoms with Gasteiger partial charge in [-0.1, -0.05) is 0 Å². The lowest BCUT2D eigenvalue weighted by Gasteiger charge is -2.16. The first-order chi connectivity index (χ1) is 7.47. The zero-order chi connectivity index (χ0) is 12.3. The van der Waals surface area contributed by atoms with Crippen LogP contribution in [0.3, 0.4) is 0 Å². The van der Waals surface area contributed by atoms with E-state index in [1.807, 2.05) is 0 Å². The number of aliphatic hydroxyl groups excluding tert-OH is 3. The van der Waals surface area contributed by atoms with Gasteiger partial charge in [0.25, 0.3) is 0 Å². The minimum Gasteiger partial charge on any atom is -0.505 e. The summed E-state index contributed by atoms with van der Waals surface area (Å²) >= 11 is 0. The Balaban J connectivity index is 2.53. The van der Waals surface area contributed by atoms with Crippen molar-refractivity contribution in [1.82, 2.24) is 0 Å². The van der Waals surface area contributed by atoms with Crippen molar-refractivity contribution in [2.45, 2.75) is 12.2 Å². The summed E-state index contributed by atoms with van der Waals surface area (Å²) in [5, 5.41) is 27.5. The molecule has 0 fully saturated rings. The van der Waals surface area contributed by atoms with E-state index >= 15 is 0 Å². The zero-order valence-electron chi connectivity index (χ0n) is 8.12. The molecular weight excluding hydrogens is 222 g/mol. The van der Waals surface area contributed by atoms with Crippen LogP contribution in [0.2, 0.25) is 0 Å². The third kappa shape index (κ3) is 2.41.